The summed E-state index contributed by atoms with van der Waals surface area (Å²) in [6.07, 6.45) is 2.24. The van der Waals surface area contributed by atoms with Crippen molar-refractivity contribution in [3.8, 4) is 17.1 Å². The molecule has 1 aromatic carbocycles. The van der Waals surface area contributed by atoms with Crippen LogP contribution in [0.2, 0.25) is 0 Å². The molecule has 2 aromatic rings. The van der Waals surface area contributed by atoms with E-state index in [2.05, 4.69) is 14.3 Å². The first kappa shape index (κ1) is 22.5. The highest BCUT2D eigenvalue weighted by atomic mass is 32.2. The van der Waals surface area contributed by atoms with Gasteiger partial charge in [-0.1, -0.05) is 13.3 Å². The van der Waals surface area contributed by atoms with E-state index in [4.69, 9.17) is 15.3 Å². The van der Waals surface area contributed by atoms with Crippen LogP contribution >= 0.6 is 11.9 Å². The minimum absolute atomic E-state index is 0.231. The monoisotopic (exact) mass is 430 g/mol. The Morgan fingerprint density at radius 3 is 2.83 bits per heavy atom. The number of rotatable bonds is 10. The summed E-state index contributed by atoms with van der Waals surface area (Å²) in [4.78, 5) is 21.1. The van der Waals surface area contributed by atoms with Gasteiger partial charge in [-0.05, 0) is 62.8 Å². The predicted molar refractivity (Wildman–Crippen MR) is 121 cm³/mol. The highest BCUT2D eigenvalue weighted by Crippen LogP contribution is 2.36. The van der Waals surface area contributed by atoms with Crippen LogP contribution in [0.4, 0.5) is 0 Å². The number of aromatic nitrogens is 2. The smallest absolute Gasteiger partial charge is 0.254 e. The largest absolute Gasteiger partial charge is 0.493 e. The Hall–Kier alpha value is -2.16. The molecule has 8 heteroatoms. The molecule has 0 bridgehead atoms. The molecule has 1 saturated heterocycles. The maximum Gasteiger partial charge on any atom is 0.254 e. The number of aliphatic hydroxyl groups is 1. The quantitative estimate of drug-likeness (QED) is 0.393. The lowest BCUT2D eigenvalue weighted by molar-refractivity contribution is 0.165. The topological polar surface area (TPSA) is 102 Å². The van der Waals surface area contributed by atoms with Gasteiger partial charge in [0.05, 0.1) is 23.6 Å². The molecule has 0 atom stereocenters. The molecule has 3 N–H and O–H groups in total. The van der Waals surface area contributed by atoms with E-state index in [1.807, 2.05) is 32.0 Å². The molecule has 0 aliphatic carbocycles. The summed E-state index contributed by atoms with van der Waals surface area (Å²) in [5.41, 5.74) is 1.78. The van der Waals surface area contributed by atoms with E-state index in [-0.39, 0.29) is 12.2 Å². The first-order valence-corrected chi connectivity index (χ1v) is 11.2. The molecule has 1 fully saturated rings. The first-order chi connectivity index (χ1) is 14.5. The Morgan fingerprint density at radius 2 is 2.17 bits per heavy atom. The molecule has 1 aliphatic heterocycles. The number of hydrogen-bond donors (Lipinski definition) is 3. The Kier molecular flexibility index (Phi) is 7.69. The number of H-pyrrole nitrogens is 1. The summed E-state index contributed by atoms with van der Waals surface area (Å²) in [5.74, 6) is 1.63. The van der Waals surface area contributed by atoms with Gasteiger partial charge in [0.15, 0.2) is 0 Å². The summed E-state index contributed by atoms with van der Waals surface area (Å²) in [6, 6.07) is 5.89. The maximum atomic E-state index is 12.6. The predicted octanol–water partition coefficient (Wildman–Crippen LogP) is 3.63. The lowest BCUT2D eigenvalue weighted by atomic mass is 10.0. The third-order valence-corrected chi connectivity index (χ3v) is 6.16. The van der Waals surface area contributed by atoms with Crippen molar-refractivity contribution in [3.63, 3.8) is 0 Å². The van der Waals surface area contributed by atoms with Gasteiger partial charge in [0.25, 0.3) is 5.56 Å². The molecular formula is C22H30N4O3S. The van der Waals surface area contributed by atoms with Gasteiger partial charge in [-0.15, -0.1) is 0 Å². The molecule has 0 amide bonds. The molecule has 3 rings (SSSR count). The van der Waals surface area contributed by atoms with Crippen molar-refractivity contribution in [1.82, 2.24) is 14.3 Å². The average Bonchev–Trinajstić information content (AvgIpc) is 2.69. The Bertz CT molecular complexity index is 954. The SMILES string of the molecule is CCCC(=N)c1nc(-c2cc(SN3CC(CCO)C3)ccc2OCC)[nH]c(=O)c1C. The molecule has 0 radical (unpaired) electrons. The van der Waals surface area contributed by atoms with Crippen LogP contribution in [0.25, 0.3) is 11.4 Å². The van der Waals surface area contributed by atoms with Crippen LogP contribution in [0.1, 0.15) is 44.4 Å². The lowest BCUT2D eigenvalue weighted by Crippen LogP contribution is -2.42. The van der Waals surface area contributed by atoms with Crippen LogP contribution in [0.3, 0.4) is 0 Å². The van der Waals surface area contributed by atoms with Crippen molar-refractivity contribution in [3.05, 3.63) is 39.8 Å². The van der Waals surface area contributed by atoms with E-state index >= 15 is 0 Å². The molecule has 162 valence electrons. The van der Waals surface area contributed by atoms with Gasteiger partial charge >= 0.3 is 0 Å². The molecule has 0 unspecified atom stereocenters. The molecule has 7 nitrogen and oxygen atoms in total. The standard InChI is InChI=1S/C22H30N4O3S/c1-4-6-18(23)20-14(3)22(28)25-21(24-20)17-11-16(7-8-19(17)29-5-2)30-26-12-15(13-26)9-10-27/h7-8,11,15,23,27H,4-6,9-10,12-13H2,1-3H3,(H,24,25,28). The first-order valence-electron chi connectivity index (χ1n) is 10.5. The van der Waals surface area contributed by atoms with Crippen LogP contribution < -0.4 is 10.3 Å². The fourth-order valence-corrected chi connectivity index (χ4v) is 4.63. The zero-order chi connectivity index (χ0) is 21.7. The third-order valence-electron chi connectivity index (χ3n) is 5.14. The second-order valence-electron chi connectivity index (χ2n) is 7.52. The Labute approximate surface area is 181 Å². The molecular weight excluding hydrogens is 400 g/mol. The molecule has 1 aliphatic rings. The zero-order valence-electron chi connectivity index (χ0n) is 17.8. The van der Waals surface area contributed by atoms with Gasteiger partial charge in [0, 0.05) is 30.2 Å². The Morgan fingerprint density at radius 1 is 1.40 bits per heavy atom. The number of nitrogens with one attached hydrogen (secondary N) is 2. The van der Waals surface area contributed by atoms with Crippen molar-refractivity contribution in [2.75, 3.05) is 26.3 Å². The van der Waals surface area contributed by atoms with Crippen molar-refractivity contribution < 1.29 is 9.84 Å². The number of aliphatic hydroxyl groups excluding tert-OH is 1. The van der Waals surface area contributed by atoms with Gasteiger partial charge in [0.1, 0.15) is 11.6 Å². The number of aromatic amines is 1. The summed E-state index contributed by atoms with van der Waals surface area (Å²) in [5, 5.41) is 17.4. The van der Waals surface area contributed by atoms with E-state index in [0.29, 0.717) is 47.5 Å². The number of nitrogens with zero attached hydrogens (tertiary/aromatic N) is 2. The summed E-state index contributed by atoms with van der Waals surface area (Å²) >= 11 is 1.66. The zero-order valence-corrected chi connectivity index (χ0v) is 18.6. The lowest BCUT2D eigenvalue weighted by Gasteiger charge is -2.37. The van der Waals surface area contributed by atoms with Crippen molar-refractivity contribution >= 4 is 17.7 Å². The van der Waals surface area contributed by atoms with E-state index in [1.54, 1.807) is 18.9 Å². The maximum absolute atomic E-state index is 12.6. The minimum Gasteiger partial charge on any atom is -0.493 e. The fraction of sp³-hybridized carbons (Fsp3) is 0.500. The van der Waals surface area contributed by atoms with E-state index < -0.39 is 0 Å². The molecule has 1 aromatic heterocycles. The third kappa shape index (κ3) is 5.11. The van der Waals surface area contributed by atoms with Gasteiger partial charge in [-0.3, -0.25) is 4.79 Å². The van der Waals surface area contributed by atoms with E-state index in [1.165, 1.54) is 0 Å². The second kappa shape index (κ2) is 10.2. The van der Waals surface area contributed by atoms with Gasteiger partial charge in [-0.2, -0.15) is 0 Å². The normalized spacial score (nSPS) is 14.5. The van der Waals surface area contributed by atoms with Crippen LogP contribution in [0.15, 0.2) is 27.9 Å². The number of benzene rings is 1. The number of hydrogen-bond acceptors (Lipinski definition) is 7. The second-order valence-corrected chi connectivity index (χ2v) is 8.69. The van der Waals surface area contributed by atoms with E-state index in [0.717, 1.165) is 36.4 Å². The van der Waals surface area contributed by atoms with Crippen molar-refractivity contribution in [1.29, 1.82) is 5.41 Å². The van der Waals surface area contributed by atoms with Gasteiger partial charge in [-0.25, -0.2) is 9.29 Å². The van der Waals surface area contributed by atoms with Crippen LogP contribution in [-0.4, -0.2) is 51.4 Å². The molecule has 0 spiro atoms. The molecule has 2 heterocycles. The summed E-state index contributed by atoms with van der Waals surface area (Å²) in [6.45, 7) is 8.27. The van der Waals surface area contributed by atoms with E-state index in [9.17, 15) is 4.79 Å². The number of ether oxygens (including phenoxy) is 1. The summed E-state index contributed by atoms with van der Waals surface area (Å²) in [7, 11) is 0. The fourth-order valence-electron chi connectivity index (χ4n) is 3.47. The van der Waals surface area contributed by atoms with Crippen LogP contribution in [-0.2, 0) is 0 Å². The van der Waals surface area contributed by atoms with Gasteiger partial charge < -0.3 is 20.2 Å². The minimum atomic E-state index is -0.231. The average molecular weight is 431 g/mol. The highest BCUT2D eigenvalue weighted by Gasteiger charge is 2.27. The van der Waals surface area contributed by atoms with Gasteiger partial charge in [0.2, 0.25) is 0 Å². The Balaban J connectivity index is 1.93. The molecule has 0 saturated carbocycles. The summed E-state index contributed by atoms with van der Waals surface area (Å²) < 4.78 is 8.05. The van der Waals surface area contributed by atoms with Crippen LogP contribution in [0.5, 0.6) is 5.75 Å². The molecule has 30 heavy (non-hydrogen) atoms. The highest BCUT2D eigenvalue weighted by molar-refractivity contribution is 7.97. The van der Waals surface area contributed by atoms with Crippen molar-refractivity contribution in [2.24, 2.45) is 5.92 Å². The van der Waals surface area contributed by atoms with Crippen LogP contribution in [0, 0.1) is 18.3 Å². The van der Waals surface area contributed by atoms with Crippen molar-refractivity contribution in [2.45, 2.75) is 44.9 Å².